The maximum Gasteiger partial charge on any atom is 0.346 e. The first-order valence-corrected chi connectivity index (χ1v) is 5.42. The van der Waals surface area contributed by atoms with Gasteiger partial charge in [-0.15, -0.1) is 0 Å². The lowest BCUT2D eigenvalue weighted by atomic mass is 10.2. The van der Waals surface area contributed by atoms with Crippen LogP contribution in [-0.4, -0.2) is 22.3 Å². The number of carbonyl (C=O) groups is 1. The Morgan fingerprint density at radius 2 is 2.18 bits per heavy atom. The van der Waals surface area contributed by atoms with Crippen LogP contribution in [-0.2, 0) is 0 Å². The number of carbonyl (C=O) groups excluding carboxylic acids is 1. The number of para-hydroxylation sites is 1. The zero-order valence-corrected chi connectivity index (χ0v) is 9.63. The maximum absolute atomic E-state index is 11.6. The van der Waals surface area contributed by atoms with Gasteiger partial charge in [0, 0.05) is 5.69 Å². The van der Waals surface area contributed by atoms with Gasteiger partial charge in [-0.3, -0.25) is 5.21 Å². The fourth-order valence-corrected chi connectivity index (χ4v) is 1.36. The van der Waals surface area contributed by atoms with Crippen molar-refractivity contribution < 1.29 is 10.0 Å². The summed E-state index contributed by atoms with van der Waals surface area (Å²) >= 11 is 0. The fourth-order valence-electron chi connectivity index (χ4n) is 1.36. The number of hydrogen-bond acceptors (Lipinski definition) is 3. The summed E-state index contributed by atoms with van der Waals surface area (Å²) in [5.74, 6) is 0. The minimum atomic E-state index is -0.816. The molecule has 0 aliphatic rings. The molecular formula is C12H15N3O2. The van der Waals surface area contributed by atoms with Crippen molar-refractivity contribution in [3.05, 3.63) is 30.3 Å². The van der Waals surface area contributed by atoms with Crippen molar-refractivity contribution in [3.8, 4) is 6.07 Å². The molecular weight excluding hydrogens is 218 g/mol. The third-order valence-corrected chi connectivity index (χ3v) is 2.24. The van der Waals surface area contributed by atoms with E-state index < -0.39 is 12.1 Å². The van der Waals surface area contributed by atoms with E-state index in [2.05, 4.69) is 5.32 Å². The normalized spacial score (nSPS) is 11.4. The fraction of sp³-hybridized carbons (Fsp3) is 0.333. The van der Waals surface area contributed by atoms with Crippen LogP contribution in [0.2, 0.25) is 0 Å². The van der Waals surface area contributed by atoms with Gasteiger partial charge in [-0.05, 0) is 18.6 Å². The van der Waals surface area contributed by atoms with Crippen LogP contribution in [0.1, 0.15) is 19.8 Å². The number of hydroxylamine groups is 2. The van der Waals surface area contributed by atoms with Gasteiger partial charge >= 0.3 is 6.03 Å². The first-order valence-electron chi connectivity index (χ1n) is 5.42. The number of hydrogen-bond donors (Lipinski definition) is 2. The monoisotopic (exact) mass is 233 g/mol. The Kier molecular flexibility index (Phi) is 4.98. The molecule has 2 N–H and O–H groups in total. The van der Waals surface area contributed by atoms with Gasteiger partial charge in [-0.25, -0.2) is 4.79 Å². The second kappa shape index (κ2) is 6.51. The molecule has 0 heterocycles. The molecule has 0 aromatic heterocycles. The zero-order chi connectivity index (χ0) is 12.7. The SMILES string of the molecule is CCCC(C#N)N(O)C(=O)Nc1ccccc1. The largest absolute Gasteiger partial charge is 0.346 e. The van der Waals surface area contributed by atoms with Crippen LogP contribution in [0, 0.1) is 11.3 Å². The van der Waals surface area contributed by atoms with E-state index in [0.717, 1.165) is 0 Å². The summed E-state index contributed by atoms with van der Waals surface area (Å²) in [5, 5.41) is 21.3. The molecule has 1 rings (SSSR count). The van der Waals surface area contributed by atoms with Crippen molar-refractivity contribution >= 4 is 11.7 Å². The molecule has 1 aromatic rings. The van der Waals surface area contributed by atoms with Gasteiger partial charge in [0.15, 0.2) is 0 Å². The maximum atomic E-state index is 11.6. The number of nitrogens with one attached hydrogen (secondary N) is 1. The van der Waals surface area contributed by atoms with Gasteiger partial charge in [-0.2, -0.15) is 10.3 Å². The molecule has 90 valence electrons. The molecule has 5 nitrogen and oxygen atoms in total. The van der Waals surface area contributed by atoms with E-state index in [4.69, 9.17) is 5.26 Å². The van der Waals surface area contributed by atoms with Gasteiger partial charge in [0.05, 0.1) is 6.07 Å². The minimum absolute atomic E-state index is 0.440. The third kappa shape index (κ3) is 3.78. The molecule has 0 fully saturated rings. The standard InChI is InChI=1S/C12H15N3O2/c1-2-6-11(9-13)15(17)12(16)14-10-7-4-3-5-8-10/h3-5,7-8,11,17H,2,6H2,1H3,(H,14,16). The van der Waals surface area contributed by atoms with E-state index in [1.165, 1.54) is 0 Å². The van der Waals surface area contributed by atoms with E-state index in [-0.39, 0.29) is 0 Å². The number of urea groups is 1. The molecule has 0 saturated carbocycles. The quantitative estimate of drug-likeness (QED) is 0.620. The first kappa shape index (κ1) is 13.0. The number of rotatable bonds is 4. The van der Waals surface area contributed by atoms with Crippen molar-refractivity contribution in [3.63, 3.8) is 0 Å². The molecule has 1 atom stereocenters. The predicted octanol–water partition coefficient (Wildman–Crippen LogP) is 2.60. The van der Waals surface area contributed by atoms with Crippen LogP contribution in [0.15, 0.2) is 30.3 Å². The first-order chi connectivity index (χ1) is 8.19. The summed E-state index contributed by atoms with van der Waals surface area (Å²) < 4.78 is 0. The Morgan fingerprint density at radius 3 is 2.71 bits per heavy atom. The summed E-state index contributed by atoms with van der Waals surface area (Å²) in [6.07, 6.45) is 1.16. The van der Waals surface area contributed by atoms with Crippen molar-refractivity contribution in [2.75, 3.05) is 5.32 Å². The second-order valence-corrected chi connectivity index (χ2v) is 3.57. The van der Waals surface area contributed by atoms with Crippen LogP contribution < -0.4 is 5.32 Å². The minimum Gasteiger partial charge on any atom is -0.306 e. The van der Waals surface area contributed by atoms with E-state index in [1.54, 1.807) is 24.3 Å². The van der Waals surface area contributed by atoms with Crippen molar-refractivity contribution in [1.29, 1.82) is 5.26 Å². The lowest BCUT2D eigenvalue weighted by Gasteiger charge is -2.20. The molecule has 0 saturated heterocycles. The van der Waals surface area contributed by atoms with Gasteiger partial charge in [0.2, 0.25) is 0 Å². The Balaban J connectivity index is 2.61. The molecule has 1 aromatic carbocycles. The lowest BCUT2D eigenvalue weighted by Crippen LogP contribution is -2.39. The van der Waals surface area contributed by atoms with Crippen LogP contribution >= 0.6 is 0 Å². The highest BCUT2D eigenvalue weighted by molar-refractivity contribution is 5.88. The van der Waals surface area contributed by atoms with Crippen molar-refractivity contribution in [2.45, 2.75) is 25.8 Å². The lowest BCUT2D eigenvalue weighted by molar-refractivity contribution is -0.0589. The van der Waals surface area contributed by atoms with E-state index in [0.29, 0.717) is 23.6 Å². The van der Waals surface area contributed by atoms with E-state index in [1.807, 2.05) is 19.1 Å². The number of benzene rings is 1. The van der Waals surface area contributed by atoms with Gasteiger partial charge in [0.1, 0.15) is 6.04 Å². The van der Waals surface area contributed by atoms with Crippen LogP contribution in [0.3, 0.4) is 0 Å². The van der Waals surface area contributed by atoms with Gasteiger partial charge in [0.25, 0.3) is 0 Å². The average molecular weight is 233 g/mol. The summed E-state index contributed by atoms with van der Waals surface area (Å²) in [7, 11) is 0. The molecule has 0 spiro atoms. The smallest absolute Gasteiger partial charge is 0.306 e. The highest BCUT2D eigenvalue weighted by atomic mass is 16.5. The molecule has 17 heavy (non-hydrogen) atoms. The Hall–Kier alpha value is -2.06. The molecule has 2 amide bonds. The molecule has 5 heteroatoms. The third-order valence-electron chi connectivity index (χ3n) is 2.24. The van der Waals surface area contributed by atoms with Gasteiger partial charge in [-0.1, -0.05) is 31.5 Å². The van der Waals surface area contributed by atoms with Crippen molar-refractivity contribution in [2.24, 2.45) is 0 Å². The van der Waals surface area contributed by atoms with Crippen molar-refractivity contribution in [1.82, 2.24) is 5.06 Å². The number of nitriles is 1. The second-order valence-electron chi connectivity index (χ2n) is 3.57. The Labute approximate surface area is 100 Å². The topological polar surface area (TPSA) is 76.4 Å². The van der Waals surface area contributed by atoms with Gasteiger partial charge < -0.3 is 5.32 Å². The van der Waals surface area contributed by atoms with Crippen LogP contribution in [0.25, 0.3) is 0 Å². The molecule has 1 unspecified atom stereocenters. The molecule has 0 bridgehead atoms. The molecule has 0 aliphatic heterocycles. The predicted molar refractivity (Wildman–Crippen MR) is 63.4 cm³/mol. The van der Waals surface area contributed by atoms with E-state index in [9.17, 15) is 10.0 Å². The highest BCUT2D eigenvalue weighted by Crippen LogP contribution is 2.09. The zero-order valence-electron chi connectivity index (χ0n) is 9.63. The summed E-state index contributed by atoms with van der Waals surface area (Å²) in [5.41, 5.74) is 0.574. The summed E-state index contributed by atoms with van der Waals surface area (Å²) in [4.78, 5) is 11.6. The average Bonchev–Trinajstić information content (AvgIpc) is 2.36. The Morgan fingerprint density at radius 1 is 1.53 bits per heavy atom. The van der Waals surface area contributed by atoms with E-state index >= 15 is 0 Å². The number of nitrogens with zero attached hydrogens (tertiary/aromatic N) is 2. The molecule has 0 aliphatic carbocycles. The summed E-state index contributed by atoms with van der Waals surface area (Å²) in [6.45, 7) is 1.88. The van der Waals surface area contributed by atoms with Crippen LogP contribution in [0.4, 0.5) is 10.5 Å². The Bertz CT molecular complexity index is 400. The molecule has 0 radical (unpaired) electrons. The summed E-state index contributed by atoms with van der Waals surface area (Å²) in [6, 6.07) is 9.13. The number of amides is 2. The number of anilines is 1. The highest BCUT2D eigenvalue weighted by Gasteiger charge is 2.20. The van der Waals surface area contributed by atoms with Crippen LogP contribution in [0.5, 0.6) is 0 Å².